The summed E-state index contributed by atoms with van der Waals surface area (Å²) in [6.07, 6.45) is 1.69. The fraction of sp³-hybridized carbons (Fsp3) is 0.125. The minimum absolute atomic E-state index is 0.172. The lowest BCUT2D eigenvalue weighted by molar-refractivity contribution is -0.0175. The maximum absolute atomic E-state index is 12.7. The Balaban J connectivity index is 1.34. The van der Waals surface area contributed by atoms with Gasteiger partial charge in [-0.05, 0) is 48.0 Å². The van der Waals surface area contributed by atoms with Crippen molar-refractivity contribution < 1.29 is 23.7 Å². The Morgan fingerprint density at radius 1 is 1.00 bits per heavy atom. The standard InChI is InChI=1S/C24H16Cl2O5/c25-17-3-1-14(2-4-17)7-22-23(27)20-6-5-19(10-21(20)31-22)29-12-16-9-18(26)8-15-11-28-13-30-24(15)16/h1-10H,11-13H2/b22-7-. The molecule has 2 aliphatic rings. The number of hydrogen-bond acceptors (Lipinski definition) is 5. The van der Waals surface area contributed by atoms with Crippen molar-refractivity contribution >= 4 is 35.1 Å². The summed E-state index contributed by atoms with van der Waals surface area (Å²) in [5.41, 5.74) is 3.03. The van der Waals surface area contributed by atoms with Crippen molar-refractivity contribution in [3.05, 3.63) is 92.7 Å². The van der Waals surface area contributed by atoms with Crippen LogP contribution in [0.15, 0.2) is 60.4 Å². The third kappa shape index (κ3) is 4.12. The maximum atomic E-state index is 12.7. The van der Waals surface area contributed by atoms with Crippen LogP contribution in [0, 0.1) is 0 Å². The number of carbonyl (C=O) groups excluding carboxylic acids is 1. The van der Waals surface area contributed by atoms with Gasteiger partial charge in [-0.2, -0.15) is 0 Å². The van der Waals surface area contributed by atoms with Crippen LogP contribution in [0.4, 0.5) is 0 Å². The molecule has 0 saturated carbocycles. The normalized spacial score (nSPS) is 15.8. The molecule has 0 aliphatic carbocycles. The van der Waals surface area contributed by atoms with Crippen LogP contribution in [0.5, 0.6) is 17.2 Å². The number of rotatable bonds is 4. The van der Waals surface area contributed by atoms with Crippen molar-refractivity contribution in [1.82, 2.24) is 0 Å². The SMILES string of the molecule is O=C1/C(=C/c2ccc(Cl)cc2)Oc2cc(OCc3cc(Cl)cc4c3OCOC4)ccc21. The Morgan fingerprint density at radius 2 is 1.84 bits per heavy atom. The first kappa shape index (κ1) is 19.9. The number of ketones is 1. The predicted molar refractivity (Wildman–Crippen MR) is 117 cm³/mol. The molecule has 3 aromatic rings. The molecule has 0 radical (unpaired) electrons. The Morgan fingerprint density at radius 3 is 2.68 bits per heavy atom. The molecule has 0 amide bonds. The number of hydrogen-bond donors (Lipinski definition) is 0. The van der Waals surface area contributed by atoms with Crippen molar-refractivity contribution in [3.63, 3.8) is 0 Å². The van der Waals surface area contributed by atoms with Crippen LogP contribution in [0.25, 0.3) is 6.08 Å². The molecule has 0 spiro atoms. The summed E-state index contributed by atoms with van der Waals surface area (Å²) >= 11 is 12.1. The number of fused-ring (bicyclic) bond motifs is 2. The lowest BCUT2D eigenvalue weighted by atomic mass is 10.1. The highest BCUT2D eigenvalue weighted by molar-refractivity contribution is 6.31. The largest absolute Gasteiger partial charge is 0.489 e. The van der Waals surface area contributed by atoms with E-state index in [0.717, 1.165) is 22.4 Å². The molecule has 2 heterocycles. The van der Waals surface area contributed by atoms with Crippen LogP contribution in [0.3, 0.4) is 0 Å². The van der Waals surface area contributed by atoms with Gasteiger partial charge in [0.05, 0.1) is 12.2 Å². The Kier molecular flexibility index (Phi) is 5.32. The van der Waals surface area contributed by atoms with E-state index >= 15 is 0 Å². The van der Waals surface area contributed by atoms with Crippen LogP contribution in [-0.2, 0) is 18.0 Å². The first-order valence-corrected chi connectivity index (χ1v) is 10.3. The van der Waals surface area contributed by atoms with E-state index < -0.39 is 0 Å². The van der Waals surface area contributed by atoms with Gasteiger partial charge in [0.25, 0.3) is 0 Å². The van der Waals surface area contributed by atoms with E-state index in [1.54, 1.807) is 36.4 Å². The van der Waals surface area contributed by atoms with Crippen molar-refractivity contribution in [3.8, 4) is 17.2 Å². The lowest BCUT2D eigenvalue weighted by Crippen LogP contribution is -2.14. The van der Waals surface area contributed by atoms with Gasteiger partial charge in [0, 0.05) is 27.2 Å². The van der Waals surface area contributed by atoms with Gasteiger partial charge in [-0.25, -0.2) is 0 Å². The minimum atomic E-state index is -0.172. The Hall–Kier alpha value is -2.99. The molecule has 0 bridgehead atoms. The number of allylic oxidation sites excluding steroid dienone is 1. The number of carbonyl (C=O) groups is 1. The van der Waals surface area contributed by atoms with Crippen LogP contribution >= 0.6 is 23.2 Å². The summed E-state index contributed by atoms with van der Waals surface area (Å²) in [7, 11) is 0. The minimum Gasteiger partial charge on any atom is -0.489 e. The number of benzene rings is 3. The number of halogens is 2. The summed E-state index contributed by atoms with van der Waals surface area (Å²) in [4.78, 5) is 12.7. The fourth-order valence-corrected chi connectivity index (χ4v) is 3.88. The van der Waals surface area contributed by atoms with E-state index in [2.05, 4.69) is 0 Å². The highest BCUT2D eigenvalue weighted by atomic mass is 35.5. The predicted octanol–water partition coefficient (Wildman–Crippen LogP) is 6.06. The summed E-state index contributed by atoms with van der Waals surface area (Å²) in [5, 5.41) is 1.22. The molecule has 0 aromatic heterocycles. The van der Waals surface area contributed by atoms with Gasteiger partial charge >= 0.3 is 0 Å². The summed E-state index contributed by atoms with van der Waals surface area (Å²) < 4.78 is 22.7. The fourth-order valence-electron chi connectivity index (χ4n) is 3.49. The maximum Gasteiger partial charge on any atom is 0.231 e. The van der Waals surface area contributed by atoms with Crippen molar-refractivity contribution in [2.24, 2.45) is 0 Å². The first-order valence-electron chi connectivity index (χ1n) is 9.55. The van der Waals surface area contributed by atoms with Crippen LogP contribution in [0.2, 0.25) is 10.0 Å². The van der Waals surface area contributed by atoms with Crippen molar-refractivity contribution in [2.75, 3.05) is 6.79 Å². The lowest BCUT2D eigenvalue weighted by Gasteiger charge is -2.21. The van der Waals surface area contributed by atoms with Gasteiger partial charge in [0.15, 0.2) is 12.6 Å². The molecule has 2 aliphatic heterocycles. The quantitative estimate of drug-likeness (QED) is 0.448. The molecule has 156 valence electrons. The smallest absolute Gasteiger partial charge is 0.231 e. The van der Waals surface area contributed by atoms with Gasteiger partial charge in [-0.3, -0.25) is 4.79 Å². The van der Waals surface area contributed by atoms with E-state index in [1.165, 1.54) is 0 Å². The average Bonchev–Trinajstić information content (AvgIpc) is 3.08. The molecule has 0 saturated heterocycles. The zero-order chi connectivity index (χ0) is 21.4. The topological polar surface area (TPSA) is 54.0 Å². The van der Waals surface area contributed by atoms with Crippen molar-refractivity contribution in [2.45, 2.75) is 13.2 Å². The van der Waals surface area contributed by atoms with Gasteiger partial charge < -0.3 is 18.9 Å². The van der Waals surface area contributed by atoms with Gasteiger partial charge in [0.2, 0.25) is 5.78 Å². The number of ether oxygens (including phenoxy) is 4. The molecule has 7 heteroatoms. The average molecular weight is 455 g/mol. The van der Waals surface area contributed by atoms with E-state index in [0.29, 0.717) is 33.7 Å². The Labute approximate surface area is 188 Å². The number of Topliss-reactive ketones (excluding diaryl/α,β-unsaturated/α-hetero) is 1. The zero-order valence-electron chi connectivity index (χ0n) is 16.2. The molecule has 5 nitrogen and oxygen atoms in total. The molecule has 5 rings (SSSR count). The molecule has 0 fully saturated rings. The van der Waals surface area contributed by atoms with E-state index in [1.807, 2.05) is 24.3 Å². The molecular formula is C24H16Cl2O5. The summed E-state index contributed by atoms with van der Waals surface area (Å²) in [6.45, 7) is 0.892. The van der Waals surface area contributed by atoms with Gasteiger partial charge in [-0.1, -0.05) is 35.3 Å². The molecular weight excluding hydrogens is 439 g/mol. The molecule has 0 N–H and O–H groups in total. The van der Waals surface area contributed by atoms with Crippen LogP contribution in [0.1, 0.15) is 27.0 Å². The van der Waals surface area contributed by atoms with E-state index in [4.69, 9.17) is 42.1 Å². The molecule has 0 atom stereocenters. The van der Waals surface area contributed by atoms with Crippen LogP contribution < -0.4 is 14.2 Å². The third-order valence-corrected chi connectivity index (χ3v) is 5.43. The van der Waals surface area contributed by atoms with Crippen LogP contribution in [-0.4, -0.2) is 12.6 Å². The zero-order valence-corrected chi connectivity index (χ0v) is 17.7. The summed E-state index contributed by atoms with van der Waals surface area (Å²) in [6, 6.07) is 15.9. The van der Waals surface area contributed by atoms with Gasteiger partial charge in [0.1, 0.15) is 23.9 Å². The Bertz CT molecular complexity index is 1200. The summed E-state index contributed by atoms with van der Waals surface area (Å²) in [5.74, 6) is 1.84. The first-order chi connectivity index (χ1) is 15.1. The highest BCUT2D eigenvalue weighted by Gasteiger charge is 2.28. The third-order valence-electron chi connectivity index (χ3n) is 4.96. The van der Waals surface area contributed by atoms with Gasteiger partial charge in [-0.15, -0.1) is 0 Å². The molecule has 0 unspecified atom stereocenters. The van der Waals surface area contributed by atoms with E-state index in [-0.39, 0.29) is 24.9 Å². The second kappa shape index (κ2) is 8.27. The molecule has 3 aromatic carbocycles. The highest BCUT2D eigenvalue weighted by Crippen LogP contribution is 2.36. The van der Waals surface area contributed by atoms with E-state index in [9.17, 15) is 4.79 Å². The second-order valence-corrected chi connectivity index (χ2v) is 7.97. The molecule has 31 heavy (non-hydrogen) atoms. The monoisotopic (exact) mass is 454 g/mol. The van der Waals surface area contributed by atoms with Crippen molar-refractivity contribution in [1.29, 1.82) is 0 Å². The second-order valence-electron chi connectivity index (χ2n) is 7.10.